The van der Waals surface area contributed by atoms with Crippen LogP contribution in [0.25, 0.3) is 0 Å². The lowest BCUT2D eigenvalue weighted by Gasteiger charge is -2.10. The Balaban J connectivity index is 1.92. The van der Waals surface area contributed by atoms with Crippen LogP contribution in [0, 0.1) is 6.92 Å². The maximum absolute atomic E-state index is 11.8. The molecule has 5 heteroatoms. The number of hydrogen-bond donors (Lipinski definition) is 2. The van der Waals surface area contributed by atoms with Crippen LogP contribution < -0.4 is 15.8 Å². The topological polar surface area (TPSA) is 64.3 Å². The zero-order valence-electron chi connectivity index (χ0n) is 11.0. The van der Waals surface area contributed by atoms with E-state index < -0.39 is 0 Å². The van der Waals surface area contributed by atoms with Crippen LogP contribution in [-0.4, -0.2) is 12.5 Å². The highest BCUT2D eigenvalue weighted by molar-refractivity contribution is 6.31. The highest BCUT2D eigenvalue weighted by atomic mass is 35.5. The molecule has 3 N–H and O–H groups in total. The van der Waals surface area contributed by atoms with Gasteiger partial charge >= 0.3 is 0 Å². The van der Waals surface area contributed by atoms with Crippen molar-refractivity contribution in [3.63, 3.8) is 0 Å². The minimum Gasteiger partial charge on any atom is -0.484 e. The number of amides is 1. The smallest absolute Gasteiger partial charge is 0.262 e. The van der Waals surface area contributed by atoms with Gasteiger partial charge in [-0.05, 0) is 42.8 Å². The molecule has 0 atom stereocenters. The van der Waals surface area contributed by atoms with Crippen molar-refractivity contribution < 1.29 is 9.53 Å². The average Bonchev–Trinajstić information content (AvgIpc) is 2.40. The van der Waals surface area contributed by atoms with Crippen LogP contribution in [0.5, 0.6) is 5.75 Å². The minimum absolute atomic E-state index is 0.0779. The highest BCUT2D eigenvalue weighted by Gasteiger charge is 2.06. The van der Waals surface area contributed by atoms with Gasteiger partial charge in [-0.15, -0.1) is 0 Å². The molecule has 0 spiro atoms. The van der Waals surface area contributed by atoms with Crippen molar-refractivity contribution >= 4 is 28.9 Å². The van der Waals surface area contributed by atoms with Gasteiger partial charge in [0.2, 0.25) is 0 Å². The summed E-state index contributed by atoms with van der Waals surface area (Å²) in [6.07, 6.45) is 0. The Bertz CT molecular complexity index is 629. The maximum atomic E-state index is 11.8. The maximum Gasteiger partial charge on any atom is 0.262 e. The molecule has 2 aromatic carbocycles. The van der Waals surface area contributed by atoms with Crippen LogP contribution in [0.3, 0.4) is 0 Å². The first-order valence-corrected chi connectivity index (χ1v) is 6.47. The molecule has 4 nitrogen and oxygen atoms in total. The Hall–Kier alpha value is -2.20. The number of benzene rings is 2. The normalized spacial score (nSPS) is 10.1. The predicted molar refractivity (Wildman–Crippen MR) is 81.2 cm³/mol. The van der Waals surface area contributed by atoms with E-state index in [-0.39, 0.29) is 12.5 Å². The van der Waals surface area contributed by atoms with Gasteiger partial charge in [0.25, 0.3) is 5.91 Å². The number of rotatable bonds is 4. The largest absolute Gasteiger partial charge is 0.484 e. The standard InChI is InChI=1S/C15H15ClN2O2/c1-10-3-2-4-12(7-10)20-9-15(19)18-14-6-5-11(16)8-13(14)17/h2-8H,9,17H2,1H3,(H,18,19). The molecule has 104 valence electrons. The van der Waals surface area contributed by atoms with Gasteiger partial charge in [-0.25, -0.2) is 0 Å². The molecular formula is C15H15ClN2O2. The number of ether oxygens (including phenoxy) is 1. The summed E-state index contributed by atoms with van der Waals surface area (Å²) in [6, 6.07) is 12.4. The third kappa shape index (κ3) is 3.90. The van der Waals surface area contributed by atoms with E-state index >= 15 is 0 Å². The molecule has 0 fully saturated rings. The molecule has 0 aliphatic rings. The zero-order chi connectivity index (χ0) is 14.5. The minimum atomic E-state index is -0.277. The third-order valence-corrected chi connectivity index (χ3v) is 2.88. The van der Waals surface area contributed by atoms with Crippen LogP contribution in [0.15, 0.2) is 42.5 Å². The summed E-state index contributed by atoms with van der Waals surface area (Å²) in [7, 11) is 0. The quantitative estimate of drug-likeness (QED) is 0.850. The third-order valence-electron chi connectivity index (χ3n) is 2.65. The second kappa shape index (κ2) is 6.30. The first kappa shape index (κ1) is 14.2. The first-order valence-electron chi connectivity index (χ1n) is 6.09. The summed E-state index contributed by atoms with van der Waals surface area (Å²) in [5, 5.41) is 3.20. The molecule has 0 saturated carbocycles. The van der Waals surface area contributed by atoms with Gasteiger partial charge in [0.15, 0.2) is 6.61 Å². The van der Waals surface area contributed by atoms with E-state index in [2.05, 4.69) is 5.32 Å². The molecule has 20 heavy (non-hydrogen) atoms. The number of nitrogens with one attached hydrogen (secondary N) is 1. The summed E-state index contributed by atoms with van der Waals surface area (Å²) in [5.74, 6) is 0.379. The first-order chi connectivity index (χ1) is 9.54. The fourth-order valence-electron chi connectivity index (χ4n) is 1.69. The molecular weight excluding hydrogens is 276 g/mol. The number of nitrogen functional groups attached to an aromatic ring is 1. The lowest BCUT2D eigenvalue weighted by atomic mass is 10.2. The number of anilines is 2. The molecule has 1 amide bonds. The van der Waals surface area contributed by atoms with E-state index in [1.807, 2.05) is 25.1 Å². The van der Waals surface area contributed by atoms with E-state index in [0.717, 1.165) is 5.56 Å². The molecule has 0 unspecified atom stereocenters. The molecule has 0 aromatic heterocycles. The van der Waals surface area contributed by atoms with Crippen LogP contribution in [-0.2, 0) is 4.79 Å². The number of carbonyl (C=O) groups excluding carboxylic acids is 1. The van der Waals surface area contributed by atoms with Crippen molar-refractivity contribution in [3.8, 4) is 5.75 Å². The Morgan fingerprint density at radius 3 is 2.80 bits per heavy atom. The van der Waals surface area contributed by atoms with Gasteiger partial charge in [0, 0.05) is 5.02 Å². The SMILES string of the molecule is Cc1cccc(OCC(=O)Nc2ccc(Cl)cc2N)c1. The van der Waals surface area contributed by atoms with Crippen molar-refractivity contribution in [2.45, 2.75) is 6.92 Å². The van der Waals surface area contributed by atoms with Crippen molar-refractivity contribution in [1.82, 2.24) is 0 Å². The second-order valence-corrected chi connectivity index (χ2v) is 4.82. The molecule has 0 saturated heterocycles. The lowest BCUT2D eigenvalue weighted by molar-refractivity contribution is -0.118. The van der Waals surface area contributed by atoms with Gasteiger partial charge in [0.05, 0.1) is 11.4 Å². The van der Waals surface area contributed by atoms with Crippen LogP contribution >= 0.6 is 11.6 Å². The molecule has 0 bridgehead atoms. The van der Waals surface area contributed by atoms with Gasteiger partial charge in [0.1, 0.15) is 5.75 Å². The van der Waals surface area contributed by atoms with E-state index in [1.165, 1.54) is 0 Å². The van der Waals surface area contributed by atoms with Gasteiger partial charge in [-0.1, -0.05) is 23.7 Å². The molecule has 0 aliphatic carbocycles. The van der Waals surface area contributed by atoms with Gasteiger partial charge < -0.3 is 15.8 Å². The van der Waals surface area contributed by atoms with E-state index in [4.69, 9.17) is 22.1 Å². The fraction of sp³-hybridized carbons (Fsp3) is 0.133. The molecule has 0 aliphatic heterocycles. The van der Waals surface area contributed by atoms with Crippen molar-refractivity contribution in [2.75, 3.05) is 17.7 Å². The van der Waals surface area contributed by atoms with E-state index in [1.54, 1.807) is 24.3 Å². The van der Waals surface area contributed by atoms with Crippen molar-refractivity contribution in [2.24, 2.45) is 0 Å². The Labute approximate surface area is 122 Å². The Morgan fingerprint density at radius 2 is 2.10 bits per heavy atom. The highest BCUT2D eigenvalue weighted by Crippen LogP contribution is 2.22. The van der Waals surface area contributed by atoms with E-state index in [0.29, 0.717) is 22.1 Å². The van der Waals surface area contributed by atoms with Crippen LogP contribution in [0.2, 0.25) is 5.02 Å². The number of nitrogens with two attached hydrogens (primary N) is 1. The van der Waals surface area contributed by atoms with Crippen molar-refractivity contribution in [1.29, 1.82) is 0 Å². The Kier molecular flexibility index (Phi) is 4.48. The summed E-state index contributed by atoms with van der Waals surface area (Å²) in [4.78, 5) is 11.8. The van der Waals surface area contributed by atoms with Crippen molar-refractivity contribution in [3.05, 3.63) is 53.1 Å². The zero-order valence-corrected chi connectivity index (χ0v) is 11.8. The summed E-state index contributed by atoms with van der Waals surface area (Å²) in [6.45, 7) is 1.88. The van der Waals surface area contributed by atoms with E-state index in [9.17, 15) is 4.79 Å². The second-order valence-electron chi connectivity index (χ2n) is 4.38. The summed E-state index contributed by atoms with van der Waals surface area (Å²) in [5.41, 5.74) is 7.77. The number of carbonyl (C=O) groups is 1. The fourth-order valence-corrected chi connectivity index (χ4v) is 1.87. The molecule has 2 rings (SSSR count). The number of halogens is 1. The Morgan fingerprint density at radius 1 is 1.30 bits per heavy atom. The number of aryl methyl sites for hydroxylation is 1. The number of hydrogen-bond acceptors (Lipinski definition) is 3. The van der Waals surface area contributed by atoms with Crippen LogP contribution in [0.1, 0.15) is 5.56 Å². The van der Waals surface area contributed by atoms with Crippen LogP contribution in [0.4, 0.5) is 11.4 Å². The molecule has 0 radical (unpaired) electrons. The summed E-state index contributed by atoms with van der Waals surface area (Å²) >= 11 is 5.79. The van der Waals surface area contributed by atoms with Gasteiger partial charge in [-0.3, -0.25) is 4.79 Å². The molecule has 0 heterocycles. The average molecular weight is 291 g/mol. The van der Waals surface area contributed by atoms with Gasteiger partial charge in [-0.2, -0.15) is 0 Å². The predicted octanol–water partition coefficient (Wildman–Crippen LogP) is 3.25. The monoisotopic (exact) mass is 290 g/mol. The lowest BCUT2D eigenvalue weighted by Crippen LogP contribution is -2.20. The molecule has 2 aromatic rings. The summed E-state index contributed by atoms with van der Waals surface area (Å²) < 4.78 is 5.41.